The van der Waals surface area contributed by atoms with Crippen LogP contribution < -0.4 is 10.0 Å². The van der Waals surface area contributed by atoms with E-state index >= 15 is 0 Å². The Morgan fingerprint density at radius 1 is 1.40 bits per heavy atom. The van der Waals surface area contributed by atoms with E-state index in [1.54, 1.807) is 17.8 Å². The molecule has 1 aromatic heterocycles. The molecule has 2 N–H and O–H groups in total. The molecule has 0 saturated heterocycles. The molecule has 0 bridgehead atoms. The Balaban J connectivity index is 1.58. The summed E-state index contributed by atoms with van der Waals surface area (Å²) in [5, 5.41) is 3.40. The molecular formula is C13H20N2O2S3. The third kappa shape index (κ3) is 3.57. The van der Waals surface area contributed by atoms with Crippen molar-refractivity contribution in [2.75, 3.05) is 12.8 Å². The molecule has 0 radical (unpaired) electrons. The van der Waals surface area contributed by atoms with Gasteiger partial charge in [-0.15, -0.1) is 11.3 Å². The van der Waals surface area contributed by atoms with Crippen molar-refractivity contribution in [3.05, 3.63) is 17.0 Å². The Bertz CT molecular complexity index is 574. The summed E-state index contributed by atoms with van der Waals surface area (Å²) in [7, 11) is -3.34. The normalized spacial score (nSPS) is 21.1. The van der Waals surface area contributed by atoms with Gasteiger partial charge in [0.25, 0.3) is 0 Å². The molecule has 3 rings (SSSR count). The lowest BCUT2D eigenvalue weighted by Gasteiger charge is -2.12. The van der Waals surface area contributed by atoms with E-state index in [-0.39, 0.29) is 4.75 Å². The number of hydrogen-bond donors (Lipinski definition) is 2. The highest BCUT2D eigenvalue weighted by molar-refractivity contribution is 8.00. The summed E-state index contributed by atoms with van der Waals surface area (Å²) in [6, 6.07) is 4.28. The Morgan fingerprint density at radius 2 is 2.15 bits per heavy atom. The lowest BCUT2D eigenvalue weighted by atomic mass is 10.4. The second-order valence-corrected chi connectivity index (χ2v) is 10.0. The predicted molar refractivity (Wildman–Crippen MR) is 84.8 cm³/mol. The first kappa shape index (κ1) is 14.8. The highest BCUT2D eigenvalue weighted by Gasteiger charge is 2.42. The largest absolute Gasteiger partial charge is 0.309 e. The number of hydrogen-bond acceptors (Lipinski definition) is 5. The van der Waals surface area contributed by atoms with Crippen molar-refractivity contribution >= 4 is 33.1 Å². The monoisotopic (exact) mass is 332 g/mol. The maximum absolute atomic E-state index is 12.3. The van der Waals surface area contributed by atoms with Crippen LogP contribution in [0.1, 0.15) is 30.6 Å². The number of sulfonamides is 1. The Hall–Kier alpha value is -0.0800. The molecule has 1 aromatic rings. The summed E-state index contributed by atoms with van der Waals surface area (Å²) in [5.41, 5.74) is 0. The van der Waals surface area contributed by atoms with Gasteiger partial charge < -0.3 is 5.32 Å². The maximum atomic E-state index is 12.3. The van der Waals surface area contributed by atoms with Gasteiger partial charge >= 0.3 is 0 Å². The van der Waals surface area contributed by atoms with Crippen LogP contribution >= 0.6 is 23.1 Å². The highest BCUT2D eigenvalue weighted by Crippen LogP contribution is 2.46. The van der Waals surface area contributed by atoms with Crippen molar-refractivity contribution in [3.63, 3.8) is 0 Å². The van der Waals surface area contributed by atoms with Crippen LogP contribution in [0.2, 0.25) is 0 Å². The van der Waals surface area contributed by atoms with Gasteiger partial charge in [-0.25, -0.2) is 13.1 Å². The zero-order valence-corrected chi connectivity index (χ0v) is 14.0. The number of thiophene rings is 1. The lowest BCUT2D eigenvalue weighted by molar-refractivity contribution is 0.582. The van der Waals surface area contributed by atoms with Gasteiger partial charge in [-0.05, 0) is 44.1 Å². The minimum atomic E-state index is -3.34. The molecule has 0 atom stereocenters. The maximum Gasteiger partial charge on any atom is 0.250 e. The Labute approximate surface area is 128 Å². The zero-order valence-electron chi connectivity index (χ0n) is 11.5. The van der Waals surface area contributed by atoms with Crippen molar-refractivity contribution in [1.29, 1.82) is 0 Å². The van der Waals surface area contributed by atoms with E-state index in [2.05, 4.69) is 10.0 Å². The van der Waals surface area contributed by atoms with Gasteiger partial charge in [0.05, 0.1) is 0 Å². The molecule has 0 unspecified atom stereocenters. The SMILES string of the molecule is CSC1(CNS(=O)(=O)c2ccc(CNC3CC3)s2)CC1. The van der Waals surface area contributed by atoms with Gasteiger partial charge in [0, 0.05) is 28.8 Å². The molecule has 20 heavy (non-hydrogen) atoms. The van der Waals surface area contributed by atoms with Gasteiger partial charge in [0.1, 0.15) is 4.21 Å². The van der Waals surface area contributed by atoms with Crippen LogP contribution in [-0.4, -0.2) is 32.0 Å². The van der Waals surface area contributed by atoms with Gasteiger partial charge in [-0.2, -0.15) is 11.8 Å². The highest BCUT2D eigenvalue weighted by atomic mass is 32.2. The third-order valence-corrected chi connectivity index (χ3v) is 8.27. The van der Waals surface area contributed by atoms with Crippen LogP contribution in [-0.2, 0) is 16.6 Å². The zero-order chi connectivity index (χ0) is 14.2. The second-order valence-electron chi connectivity index (χ2n) is 5.59. The first-order valence-corrected chi connectivity index (χ1v) is 10.4. The summed E-state index contributed by atoms with van der Waals surface area (Å²) in [6.45, 7) is 1.32. The van der Waals surface area contributed by atoms with Crippen LogP contribution in [0, 0.1) is 0 Å². The molecule has 2 fully saturated rings. The molecule has 112 valence electrons. The molecule has 0 aromatic carbocycles. The fraction of sp³-hybridized carbons (Fsp3) is 0.692. The molecule has 2 aliphatic carbocycles. The van der Waals surface area contributed by atoms with E-state index in [9.17, 15) is 8.42 Å². The van der Waals surface area contributed by atoms with Crippen molar-refractivity contribution < 1.29 is 8.42 Å². The minimum Gasteiger partial charge on any atom is -0.309 e. The Morgan fingerprint density at radius 3 is 2.75 bits per heavy atom. The van der Waals surface area contributed by atoms with E-state index in [0.717, 1.165) is 24.3 Å². The van der Waals surface area contributed by atoms with Crippen LogP contribution in [0.15, 0.2) is 16.3 Å². The molecule has 2 saturated carbocycles. The second kappa shape index (κ2) is 5.61. The van der Waals surface area contributed by atoms with Crippen molar-refractivity contribution in [3.8, 4) is 0 Å². The smallest absolute Gasteiger partial charge is 0.250 e. The summed E-state index contributed by atoms with van der Waals surface area (Å²) < 4.78 is 27.9. The minimum absolute atomic E-state index is 0.153. The number of thioether (sulfide) groups is 1. The van der Waals surface area contributed by atoms with Gasteiger partial charge in [0.2, 0.25) is 10.0 Å². The molecule has 1 heterocycles. The van der Waals surface area contributed by atoms with E-state index in [1.165, 1.54) is 24.2 Å². The fourth-order valence-corrected chi connectivity index (χ4v) is 5.32. The first-order valence-electron chi connectivity index (χ1n) is 6.90. The molecule has 0 spiro atoms. The molecule has 2 aliphatic rings. The van der Waals surface area contributed by atoms with E-state index < -0.39 is 10.0 Å². The van der Waals surface area contributed by atoms with E-state index in [0.29, 0.717) is 16.8 Å². The molecule has 0 aliphatic heterocycles. The van der Waals surface area contributed by atoms with Gasteiger partial charge in [-0.3, -0.25) is 0 Å². The van der Waals surface area contributed by atoms with Crippen LogP contribution in [0.4, 0.5) is 0 Å². The van der Waals surface area contributed by atoms with Gasteiger partial charge in [0.15, 0.2) is 0 Å². The predicted octanol–water partition coefficient (Wildman–Crippen LogP) is 2.17. The molecule has 4 nitrogen and oxygen atoms in total. The quantitative estimate of drug-likeness (QED) is 0.766. The average Bonchev–Trinajstić information content (AvgIpc) is 3.35. The third-order valence-electron chi connectivity index (χ3n) is 3.87. The topological polar surface area (TPSA) is 58.2 Å². The first-order chi connectivity index (χ1) is 9.53. The van der Waals surface area contributed by atoms with Crippen molar-refractivity contribution in [1.82, 2.24) is 10.0 Å². The molecule has 7 heteroatoms. The van der Waals surface area contributed by atoms with Crippen LogP contribution in [0.25, 0.3) is 0 Å². The lowest BCUT2D eigenvalue weighted by Crippen LogP contribution is -2.31. The van der Waals surface area contributed by atoms with Crippen LogP contribution in [0.5, 0.6) is 0 Å². The molecular weight excluding hydrogens is 312 g/mol. The Kier molecular flexibility index (Phi) is 4.16. The standard InChI is InChI=1S/C13H20N2O2S3/c1-18-13(6-7-13)9-15-20(16,17)12-5-4-11(19-12)8-14-10-2-3-10/h4-5,10,14-15H,2-3,6-9H2,1H3. The summed E-state index contributed by atoms with van der Waals surface area (Å²) in [4.78, 5) is 1.09. The van der Waals surface area contributed by atoms with Crippen LogP contribution in [0.3, 0.4) is 0 Å². The molecule has 0 amide bonds. The summed E-state index contributed by atoms with van der Waals surface area (Å²) in [5.74, 6) is 0. The number of rotatable bonds is 8. The summed E-state index contributed by atoms with van der Waals surface area (Å²) >= 11 is 3.13. The van der Waals surface area contributed by atoms with E-state index in [4.69, 9.17) is 0 Å². The summed E-state index contributed by atoms with van der Waals surface area (Å²) in [6.07, 6.45) is 6.76. The average molecular weight is 333 g/mol. The van der Waals surface area contributed by atoms with E-state index in [1.807, 2.05) is 12.3 Å². The number of nitrogens with one attached hydrogen (secondary N) is 2. The van der Waals surface area contributed by atoms with Crippen molar-refractivity contribution in [2.45, 2.75) is 47.2 Å². The van der Waals surface area contributed by atoms with Gasteiger partial charge in [-0.1, -0.05) is 0 Å². The van der Waals surface area contributed by atoms with Crippen molar-refractivity contribution in [2.24, 2.45) is 0 Å². The fourth-order valence-electron chi connectivity index (χ4n) is 2.02.